The molecule has 0 fully saturated rings. The number of nitrogens with one attached hydrogen (secondary N) is 4. The number of aryl methyl sites for hydroxylation is 1. The highest BCUT2D eigenvalue weighted by Crippen LogP contribution is 2.37. The summed E-state index contributed by atoms with van der Waals surface area (Å²) in [4.78, 5) is 29.3. The number of carbonyl (C=O) groups is 2. The number of amides is 2. The quantitative estimate of drug-likeness (QED) is 0.135. The van der Waals surface area contributed by atoms with E-state index in [0.29, 0.717) is 5.92 Å². The molecule has 10 nitrogen and oxygen atoms in total. The molecule has 0 saturated carbocycles. The van der Waals surface area contributed by atoms with Gasteiger partial charge < -0.3 is 21.0 Å². The first kappa shape index (κ1) is 36.7. The highest BCUT2D eigenvalue weighted by atomic mass is 127. The summed E-state index contributed by atoms with van der Waals surface area (Å²) in [5.74, 6) is -0.0804. The lowest BCUT2D eigenvalue weighted by Gasteiger charge is -2.35. The SMILES string of the molecule is CCCc1ccc(C2CCN(C[C@H](C)NC(=O)CNO)Cc3cccc(I)c3C2)c2c1CCCCN(C[C@H](C)NC(=O)CNO)C2. The van der Waals surface area contributed by atoms with E-state index in [4.69, 9.17) is 10.4 Å². The number of benzene rings is 2. The second-order valence-electron chi connectivity index (χ2n) is 13.1. The molecule has 0 aliphatic carbocycles. The fourth-order valence-electron chi connectivity index (χ4n) is 7.31. The number of hydrogen-bond donors (Lipinski definition) is 6. The zero-order valence-electron chi connectivity index (χ0n) is 27.7. The van der Waals surface area contributed by atoms with Gasteiger partial charge in [0.05, 0.1) is 13.1 Å². The fourth-order valence-corrected chi connectivity index (χ4v) is 8.08. The maximum atomic E-state index is 12.2. The number of hydrogen-bond acceptors (Lipinski definition) is 8. The van der Waals surface area contributed by atoms with Crippen molar-refractivity contribution in [2.24, 2.45) is 0 Å². The Morgan fingerprint density at radius 1 is 0.891 bits per heavy atom. The summed E-state index contributed by atoms with van der Waals surface area (Å²) in [7, 11) is 0. The lowest BCUT2D eigenvalue weighted by molar-refractivity contribution is -0.123. The molecule has 1 unspecified atom stereocenters. The topological polar surface area (TPSA) is 129 Å². The van der Waals surface area contributed by atoms with Gasteiger partial charge in [0.2, 0.25) is 11.8 Å². The Morgan fingerprint density at radius 3 is 2.22 bits per heavy atom. The second kappa shape index (κ2) is 18.4. The van der Waals surface area contributed by atoms with Gasteiger partial charge in [-0.2, -0.15) is 11.0 Å². The van der Waals surface area contributed by atoms with Crippen LogP contribution in [0.1, 0.15) is 85.8 Å². The van der Waals surface area contributed by atoms with Crippen LogP contribution in [0.25, 0.3) is 0 Å². The number of hydroxylamine groups is 2. The van der Waals surface area contributed by atoms with Crippen molar-refractivity contribution in [3.63, 3.8) is 0 Å². The molecule has 2 aliphatic heterocycles. The number of rotatable bonds is 13. The summed E-state index contributed by atoms with van der Waals surface area (Å²) in [6, 6.07) is 11.3. The average molecular weight is 749 g/mol. The normalized spacial score (nSPS) is 19.0. The van der Waals surface area contributed by atoms with Crippen LogP contribution in [-0.4, -0.2) is 83.4 Å². The van der Waals surface area contributed by atoms with Crippen molar-refractivity contribution in [1.82, 2.24) is 31.4 Å². The predicted octanol–water partition coefficient (Wildman–Crippen LogP) is 3.88. The molecule has 46 heavy (non-hydrogen) atoms. The van der Waals surface area contributed by atoms with Crippen LogP contribution >= 0.6 is 22.6 Å². The third kappa shape index (κ3) is 10.4. The molecule has 0 saturated heterocycles. The van der Waals surface area contributed by atoms with Gasteiger partial charge in [0, 0.05) is 41.8 Å². The Kier molecular flexibility index (Phi) is 14.7. The van der Waals surface area contributed by atoms with Crippen LogP contribution in [0.15, 0.2) is 30.3 Å². The number of nitrogens with zero attached hydrogens (tertiary/aromatic N) is 2. The first-order valence-corrected chi connectivity index (χ1v) is 18.0. The Balaban J connectivity index is 1.66. The first-order chi connectivity index (χ1) is 22.2. The van der Waals surface area contributed by atoms with Crippen LogP contribution in [0.3, 0.4) is 0 Å². The number of halogens is 1. The average Bonchev–Trinajstić information content (AvgIpc) is 2.97. The molecule has 2 aromatic rings. The summed E-state index contributed by atoms with van der Waals surface area (Å²) >= 11 is 2.49. The monoisotopic (exact) mass is 748 g/mol. The number of carbonyl (C=O) groups excluding carboxylic acids is 2. The Bertz CT molecular complexity index is 1310. The van der Waals surface area contributed by atoms with Crippen LogP contribution in [0.2, 0.25) is 0 Å². The largest absolute Gasteiger partial charge is 0.351 e. The lowest BCUT2D eigenvalue weighted by Crippen LogP contribution is -2.45. The summed E-state index contributed by atoms with van der Waals surface area (Å²) in [6.07, 6.45) is 7.59. The molecule has 2 amide bonds. The molecule has 3 atom stereocenters. The molecule has 6 N–H and O–H groups in total. The smallest absolute Gasteiger partial charge is 0.236 e. The third-order valence-electron chi connectivity index (χ3n) is 9.27. The molecule has 2 aliphatic rings. The predicted molar refractivity (Wildman–Crippen MR) is 189 cm³/mol. The van der Waals surface area contributed by atoms with Crippen LogP contribution in [0.5, 0.6) is 0 Å². The molecule has 4 rings (SSSR count). The Morgan fingerprint density at radius 2 is 1.57 bits per heavy atom. The molecule has 11 heteroatoms. The summed E-state index contributed by atoms with van der Waals surface area (Å²) in [5, 5.41) is 23.9. The molecule has 0 bridgehead atoms. The van der Waals surface area contributed by atoms with Gasteiger partial charge in [-0.1, -0.05) is 37.6 Å². The number of fused-ring (bicyclic) bond motifs is 2. The summed E-state index contributed by atoms with van der Waals surface area (Å²) < 4.78 is 1.30. The van der Waals surface area contributed by atoms with E-state index in [1.54, 1.807) is 0 Å². The van der Waals surface area contributed by atoms with E-state index in [1.807, 2.05) is 24.8 Å². The van der Waals surface area contributed by atoms with E-state index >= 15 is 0 Å². The van der Waals surface area contributed by atoms with E-state index in [0.717, 1.165) is 84.2 Å². The van der Waals surface area contributed by atoms with Gasteiger partial charge in [0.1, 0.15) is 0 Å². The Hall–Kier alpha value is -2.13. The third-order valence-corrected chi connectivity index (χ3v) is 10.3. The van der Waals surface area contributed by atoms with Gasteiger partial charge >= 0.3 is 0 Å². The summed E-state index contributed by atoms with van der Waals surface area (Å²) in [5.41, 5.74) is 12.6. The van der Waals surface area contributed by atoms with E-state index in [-0.39, 0.29) is 37.0 Å². The minimum Gasteiger partial charge on any atom is -0.351 e. The Labute approximate surface area is 288 Å². The van der Waals surface area contributed by atoms with Crippen molar-refractivity contribution in [3.05, 3.63) is 67.3 Å². The van der Waals surface area contributed by atoms with E-state index in [9.17, 15) is 9.59 Å². The zero-order valence-corrected chi connectivity index (χ0v) is 29.9. The summed E-state index contributed by atoms with van der Waals surface area (Å²) in [6.45, 7) is 11.2. The van der Waals surface area contributed by atoms with E-state index < -0.39 is 0 Å². The van der Waals surface area contributed by atoms with Crippen molar-refractivity contribution in [2.75, 3.05) is 39.3 Å². The molecular formula is C35H53IN6O4. The van der Waals surface area contributed by atoms with Gasteiger partial charge in [0.25, 0.3) is 0 Å². The molecule has 0 spiro atoms. The van der Waals surface area contributed by atoms with E-state index in [2.05, 4.69) is 80.3 Å². The highest BCUT2D eigenvalue weighted by molar-refractivity contribution is 14.1. The molecule has 254 valence electrons. The van der Waals surface area contributed by atoms with Gasteiger partial charge in [-0.15, -0.1) is 0 Å². The maximum absolute atomic E-state index is 12.2. The van der Waals surface area contributed by atoms with Crippen molar-refractivity contribution >= 4 is 34.4 Å². The van der Waals surface area contributed by atoms with Gasteiger partial charge in [0.15, 0.2) is 0 Å². The molecule has 2 aromatic carbocycles. The zero-order chi connectivity index (χ0) is 33.1. The lowest BCUT2D eigenvalue weighted by atomic mass is 9.79. The van der Waals surface area contributed by atoms with Crippen molar-refractivity contribution in [3.8, 4) is 0 Å². The second-order valence-corrected chi connectivity index (χ2v) is 14.3. The van der Waals surface area contributed by atoms with E-state index in [1.165, 1.54) is 37.0 Å². The van der Waals surface area contributed by atoms with Crippen LogP contribution in [0, 0.1) is 3.57 Å². The van der Waals surface area contributed by atoms with Crippen molar-refractivity contribution in [2.45, 2.75) is 96.8 Å². The van der Waals surface area contributed by atoms with Gasteiger partial charge in [-0.3, -0.25) is 19.4 Å². The van der Waals surface area contributed by atoms with Crippen molar-refractivity contribution in [1.29, 1.82) is 0 Å². The minimum absolute atomic E-state index is 0.0370. The van der Waals surface area contributed by atoms with Gasteiger partial charge in [-0.25, -0.2) is 0 Å². The fraction of sp³-hybridized carbons (Fsp3) is 0.600. The minimum atomic E-state index is -0.218. The molecule has 0 radical (unpaired) electrons. The maximum Gasteiger partial charge on any atom is 0.236 e. The molecule has 0 aromatic heterocycles. The first-order valence-electron chi connectivity index (χ1n) is 16.9. The molecular weight excluding hydrogens is 695 g/mol. The van der Waals surface area contributed by atoms with Gasteiger partial charge in [-0.05, 0) is 133 Å². The van der Waals surface area contributed by atoms with Crippen molar-refractivity contribution < 1.29 is 20.0 Å². The van der Waals surface area contributed by atoms with Crippen LogP contribution in [0.4, 0.5) is 0 Å². The molecule has 2 heterocycles. The standard InChI is InChI=1S/C35H53IN6O4/c1-4-8-26-12-13-30(32-23-41(15-6-5-10-29(26)32)20-24(2)39-34(43)18-37-45)27-14-16-42(21-25(3)40-35(44)19-38-46)22-28-9-7-11-33(36)31(28)17-27/h7,9,11-13,24-25,27,37-38,45-46H,4-6,8,10,14-23H2,1-3H3,(H,39,43)(H,40,44)/t24-,25-,27?/m0/s1. The van der Waals surface area contributed by atoms with Crippen LogP contribution in [-0.2, 0) is 41.9 Å². The van der Waals surface area contributed by atoms with Crippen LogP contribution < -0.4 is 21.6 Å². The highest BCUT2D eigenvalue weighted by Gasteiger charge is 2.28.